The van der Waals surface area contributed by atoms with E-state index in [1.165, 1.54) is 89.9 Å². The number of aliphatic hydroxyl groups is 1. The molecule has 0 aliphatic rings. The molecule has 0 radical (unpaired) electrons. The average Bonchev–Trinajstić information content (AvgIpc) is 2.66. The molecule has 0 heterocycles. The summed E-state index contributed by atoms with van der Waals surface area (Å²) in [4.78, 5) is 11.1. The van der Waals surface area contributed by atoms with Gasteiger partial charge in [-0.2, -0.15) is 0 Å². The molecule has 0 saturated carbocycles. The van der Waals surface area contributed by atoms with Crippen molar-refractivity contribution in [1.82, 2.24) is 0 Å². The lowest BCUT2D eigenvalue weighted by molar-refractivity contribution is 0.0339. The molecule has 0 saturated heterocycles. The minimum absolute atomic E-state index is 0.165. The van der Waals surface area contributed by atoms with E-state index < -0.39 is 6.16 Å². The molecule has 4 nitrogen and oxygen atoms in total. The Morgan fingerprint density at radius 1 is 0.714 bits per heavy atom. The second-order valence-corrected chi connectivity index (χ2v) is 8.44. The van der Waals surface area contributed by atoms with Crippen LogP contribution in [0.3, 0.4) is 0 Å². The fraction of sp³-hybridized carbons (Fsp3) is 0.958. The third-order valence-corrected chi connectivity index (χ3v) is 5.73. The molecule has 4 heteroatoms. The van der Waals surface area contributed by atoms with Crippen LogP contribution in [0.1, 0.15) is 129 Å². The summed E-state index contributed by atoms with van der Waals surface area (Å²) < 4.78 is 5.18. The molecule has 168 valence electrons. The van der Waals surface area contributed by atoms with E-state index in [-0.39, 0.29) is 12.7 Å². The standard InChI is InChI=1S/C24H48O4/c1-3-5-7-9-11-13-17-22(18-14-12-10-8-6-4-2)21-23(28-24(26)27)19-15-16-20-25/h22-23,25H,3-21H2,1-2H3,(H,26,27). The molecule has 1 unspecified atom stereocenters. The maximum Gasteiger partial charge on any atom is 0.506 e. The number of carboxylic acid groups (broad SMARTS) is 1. The van der Waals surface area contributed by atoms with Gasteiger partial charge in [0.1, 0.15) is 6.10 Å². The Morgan fingerprint density at radius 3 is 1.64 bits per heavy atom. The highest BCUT2D eigenvalue weighted by Crippen LogP contribution is 2.26. The SMILES string of the molecule is CCCCCCCCC(CCCCCCCC)CC(CCCCO)OC(=O)O. The Kier molecular flexibility index (Phi) is 20.4. The van der Waals surface area contributed by atoms with Crippen molar-refractivity contribution in [2.75, 3.05) is 6.61 Å². The highest BCUT2D eigenvalue weighted by molar-refractivity contribution is 5.57. The van der Waals surface area contributed by atoms with Crippen molar-refractivity contribution < 1.29 is 19.7 Å². The largest absolute Gasteiger partial charge is 0.506 e. The van der Waals surface area contributed by atoms with Crippen LogP contribution in [0.25, 0.3) is 0 Å². The van der Waals surface area contributed by atoms with Crippen LogP contribution >= 0.6 is 0 Å². The van der Waals surface area contributed by atoms with Gasteiger partial charge in [0.2, 0.25) is 0 Å². The van der Waals surface area contributed by atoms with Gasteiger partial charge in [-0.3, -0.25) is 0 Å². The van der Waals surface area contributed by atoms with Crippen LogP contribution in [-0.4, -0.2) is 29.1 Å². The molecule has 0 aromatic carbocycles. The first-order valence-corrected chi connectivity index (χ1v) is 12.1. The quantitative estimate of drug-likeness (QED) is 0.153. The van der Waals surface area contributed by atoms with E-state index in [9.17, 15) is 4.79 Å². The Bertz CT molecular complexity index is 317. The van der Waals surface area contributed by atoms with Gasteiger partial charge in [-0.25, -0.2) is 4.79 Å². The van der Waals surface area contributed by atoms with Gasteiger partial charge in [-0.1, -0.05) is 104 Å². The summed E-state index contributed by atoms with van der Waals surface area (Å²) in [6, 6.07) is 0. The topological polar surface area (TPSA) is 66.8 Å². The van der Waals surface area contributed by atoms with Gasteiger partial charge in [0.25, 0.3) is 0 Å². The van der Waals surface area contributed by atoms with E-state index >= 15 is 0 Å². The monoisotopic (exact) mass is 400 g/mol. The summed E-state index contributed by atoms with van der Waals surface area (Å²) >= 11 is 0. The molecule has 0 aromatic heterocycles. The number of ether oxygens (including phenoxy) is 1. The van der Waals surface area contributed by atoms with Crippen molar-refractivity contribution in [3.63, 3.8) is 0 Å². The van der Waals surface area contributed by atoms with Gasteiger partial charge >= 0.3 is 6.16 Å². The molecule has 2 N–H and O–H groups in total. The molecule has 0 fully saturated rings. The summed E-state index contributed by atoms with van der Waals surface area (Å²) in [6.45, 7) is 4.66. The van der Waals surface area contributed by atoms with Gasteiger partial charge in [0.15, 0.2) is 0 Å². The van der Waals surface area contributed by atoms with Crippen molar-refractivity contribution in [3.8, 4) is 0 Å². The molecule has 0 bridgehead atoms. The third kappa shape index (κ3) is 18.6. The zero-order valence-corrected chi connectivity index (χ0v) is 18.8. The molecule has 0 rings (SSSR count). The summed E-state index contributed by atoms with van der Waals surface area (Å²) in [6.07, 6.45) is 19.8. The predicted octanol–water partition coefficient (Wildman–Crippen LogP) is 7.72. The Balaban J connectivity index is 4.38. The minimum Gasteiger partial charge on any atom is -0.450 e. The number of hydrogen-bond acceptors (Lipinski definition) is 3. The van der Waals surface area contributed by atoms with Crippen LogP contribution in [0.4, 0.5) is 4.79 Å². The lowest BCUT2D eigenvalue weighted by Crippen LogP contribution is -2.21. The summed E-state index contributed by atoms with van der Waals surface area (Å²) in [5.74, 6) is 0.566. The zero-order chi connectivity index (χ0) is 20.9. The van der Waals surface area contributed by atoms with Crippen LogP contribution in [0.15, 0.2) is 0 Å². The van der Waals surface area contributed by atoms with Crippen molar-refractivity contribution >= 4 is 6.16 Å². The molecular formula is C24H48O4. The van der Waals surface area contributed by atoms with Crippen LogP contribution in [-0.2, 0) is 4.74 Å². The number of carbonyl (C=O) groups is 1. The van der Waals surface area contributed by atoms with E-state index in [1.807, 2.05) is 0 Å². The van der Waals surface area contributed by atoms with Gasteiger partial charge in [-0.15, -0.1) is 0 Å². The highest BCUT2D eigenvalue weighted by atomic mass is 16.7. The smallest absolute Gasteiger partial charge is 0.450 e. The van der Waals surface area contributed by atoms with E-state index in [0.29, 0.717) is 5.92 Å². The van der Waals surface area contributed by atoms with Crippen molar-refractivity contribution in [1.29, 1.82) is 0 Å². The number of rotatable bonds is 21. The number of aliphatic hydroxyl groups excluding tert-OH is 1. The molecule has 28 heavy (non-hydrogen) atoms. The van der Waals surface area contributed by atoms with Gasteiger partial charge in [0.05, 0.1) is 0 Å². The second kappa shape index (κ2) is 21.0. The van der Waals surface area contributed by atoms with Crippen LogP contribution < -0.4 is 0 Å². The molecule has 0 spiro atoms. The zero-order valence-electron chi connectivity index (χ0n) is 18.8. The van der Waals surface area contributed by atoms with Crippen molar-refractivity contribution in [2.45, 2.75) is 136 Å². The number of unbranched alkanes of at least 4 members (excludes halogenated alkanes) is 11. The molecule has 0 aromatic rings. The van der Waals surface area contributed by atoms with Crippen molar-refractivity contribution in [3.05, 3.63) is 0 Å². The molecule has 0 aliphatic heterocycles. The maximum atomic E-state index is 11.1. The minimum atomic E-state index is -1.16. The van der Waals surface area contributed by atoms with E-state index in [0.717, 1.165) is 25.7 Å². The molecule has 0 amide bonds. The van der Waals surface area contributed by atoms with Gasteiger partial charge in [-0.05, 0) is 31.6 Å². The normalized spacial score (nSPS) is 12.4. The van der Waals surface area contributed by atoms with E-state index in [1.54, 1.807) is 0 Å². The van der Waals surface area contributed by atoms with Crippen molar-refractivity contribution in [2.24, 2.45) is 5.92 Å². The maximum absolute atomic E-state index is 11.1. The second-order valence-electron chi connectivity index (χ2n) is 8.44. The van der Waals surface area contributed by atoms with Crippen LogP contribution in [0.2, 0.25) is 0 Å². The lowest BCUT2D eigenvalue weighted by Gasteiger charge is -2.23. The highest BCUT2D eigenvalue weighted by Gasteiger charge is 2.19. The first kappa shape index (κ1) is 27.2. The summed E-state index contributed by atoms with van der Waals surface area (Å²) in [5, 5.41) is 18.1. The predicted molar refractivity (Wildman–Crippen MR) is 118 cm³/mol. The van der Waals surface area contributed by atoms with Crippen LogP contribution in [0.5, 0.6) is 0 Å². The first-order chi connectivity index (χ1) is 13.6. The summed E-state index contributed by atoms with van der Waals surface area (Å²) in [5.41, 5.74) is 0. The fourth-order valence-corrected chi connectivity index (χ4v) is 4.03. The van der Waals surface area contributed by atoms with Gasteiger partial charge < -0.3 is 14.9 Å². The number of hydrogen-bond donors (Lipinski definition) is 2. The Labute approximate surface area is 174 Å². The first-order valence-electron chi connectivity index (χ1n) is 12.1. The average molecular weight is 401 g/mol. The van der Waals surface area contributed by atoms with E-state index in [4.69, 9.17) is 14.9 Å². The molecule has 1 atom stereocenters. The lowest BCUT2D eigenvalue weighted by atomic mass is 9.88. The Morgan fingerprint density at radius 2 is 1.18 bits per heavy atom. The van der Waals surface area contributed by atoms with E-state index in [2.05, 4.69) is 13.8 Å². The Hall–Kier alpha value is -0.770. The molecule has 0 aliphatic carbocycles. The molecular weight excluding hydrogens is 352 g/mol. The third-order valence-electron chi connectivity index (χ3n) is 5.73. The van der Waals surface area contributed by atoms with Gasteiger partial charge in [0, 0.05) is 6.61 Å². The summed E-state index contributed by atoms with van der Waals surface area (Å²) in [7, 11) is 0. The van der Waals surface area contributed by atoms with Crippen LogP contribution in [0, 0.1) is 5.92 Å². The fourth-order valence-electron chi connectivity index (χ4n) is 4.03.